The molecule has 1 fully saturated rings. The number of nitrogens with zero attached hydrogens (tertiary/aromatic N) is 5. The van der Waals surface area contributed by atoms with Crippen LogP contribution in [-0.4, -0.2) is 58.7 Å². The quantitative estimate of drug-likeness (QED) is 0.805. The van der Waals surface area contributed by atoms with Crippen molar-refractivity contribution < 1.29 is 4.79 Å². The van der Waals surface area contributed by atoms with E-state index in [2.05, 4.69) is 49.7 Å². The minimum atomic E-state index is 0.118. The van der Waals surface area contributed by atoms with Gasteiger partial charge in [-0.05, 0) is 18.4 Å². The van der Waals surface area contributed by atoms with Gasteiger partial charge in [0.25, 0.3) is 0 Å². The molecular formula is C18H24N6O. The maximum atomic E-state index is 11.4. The average molecular weight is 340 g/mol. The third-order valence-corrected chi connectivity index (χ3v) is 4.35. The summed E-state index contributed by atoms with van der Waals surface area (Å²) in [5.41, 5.74) is 1.34. The maximum absolute atomic E-state index is 11.4. The van der Waals surface area contributed by atoms with Crippen LogP contribution < -0.4 is 10.2 Å². The highest BCUT2D eigenvalue weighted by Gasteiger charge is 2.20. The zero-order chi connectivity index (χ0) is 17.5. The molecule has 0 saturated carbocycles. The first-order valence-corrected chi connectivity index (χ1v) is 8.70. The smallest absolute Gasteiger partial charge is 0.247 e. The van der Waals surface area contributed by atoms with Crippen LogP contribution in [0.3, 0.4) is 0 Å². The Hall–Kier alpha value is -2.70. The van der Waals surface area contributed by atoms with Gasteiger partial charge in [0, 0.05) is 39.6 Å². The fourth-order valence-electron chi connectivity index (χ4n) is 2.89. The Morgan fingerprint density at radius 3 is 2.64 bits per heavy atom. The third kappa shape index (κ3) is 4.89. The minimum absolute atomic E-state index is 0.118. The molecule has 7 heteroatoms. The van der Waals surface area contributed by atoms with E-state index in [0.29, 0.717) is 19.0 Å². The van der Waals surface area contributed by atoms with E-state index in [1.807, 2.05) is 11.0 Å². The molecule has 0 atom stereocenters. The number of carbonyl (C=O) groups is 1. The van der Waals surface area contributed by atoms with Crippen molar-refractivity contribution in [1.82, 2.24) is 20.1 Å². The van der Waals surface area contributed by atoms with Crippen molar-refractivity contribution in [2.75, 3.05) is 42.9 Å². The lowest BCUT2D eigenvalue weighted by atomic mass is 10.1. The van der Waals surface area contributed by atoms with Crippen LogP contribution in [0, 0.1) is 0 Å². The molecule has 0 aliphatic carbocycles. The number of rotatable bonds is 6. The van der Waals surface area contributed by atoms with Gasteiger partial charge >= 0.3 is 0 Å². The van der Waals surface area contributed by atoms with Crippen LogP contribution in [0.15, 0.2) is 36.5 Å². The molecule has 3 rings (SSSR count). The van der Waals surface area contributed by atoms with Crippen molar-refractivity contribution in [2.24, 2.45) is 0 Å². The Labute approximate surface area is 148 Å². The molecule has 1 aromatic heterocycles. The molecule has 1 N–H and O–H groups in total. The second-order valence-corrected chi connectivity index (χ2v) is 6.15. The average Bonchev–Trinajstić information content (AvgIpc) is 2.66. The molecule has 1 aliphatic heterocycles. The summed E-state index contributed by atoms with van der Waals surface area (Å²) in [7, 11) is 0. The van der Waals surface area contributed by atoms with Gasteiger partial charge in [-0.1, -0.05) is 30.3 Å². The highest BCUT2D eigenvalue weighted by atomic mass is 16.2. The number of aromatic nitrogens is 3. The normalized spacial score (nSPS) is 14.4. The lowest BCUT2D eigenvalue weighted by Gasteiger charge is -2.33. The van der Waals surface area contributed by atoms with E-state index >= 15 is 0 Å². The van der Waals surface area contributed by atoms with E-state index in [-0.39, 0.29) is 5.91 Å². The highest BCUT2D eigenvalue weighted by Crippen LogP contribution is 2.12. The van der Waals surface area contributed by atoms with Gasteiger partial charge in [0.05, 0.1) is 6.20 Å². The highest BCUT2D eigenvalue weighted by molar-refractivity contribution is 5.73. The summed E-state index contributed by atoms with van der Waals surface area (Å²) in [4.78, 5) is 19.9. The molecule has 2 aromatic rings. The molecule has 1 aromatic carbocycles. The van der Waals surface area contributed by atoms with Crippen molar-refractivity contribution in [1.29, 1.82) is 0 Å². The van der Waals surface area contributed by atoms with Gasteiger partial charge in [-0.25, -0.2) is 0 Å². The summed E-state index contributed by atoms with van der Waals surface area (Å²) < 4.78 is 0. The number of piperazine rings is 1. The predicted octanol–water partition coefficient (Wildman–Crippen LogP) is 1.58. The van der Waals surface area contributed by atoms with Crippen molar-refractivity contribution in [2.45, 2.75) is 19.8 Å². The predicted molar refractivity (Wildman–Crippen MR) is 97.5 cm³/mol. The minimum Gasteiger partial charge on any atom is -0.369 e. The Bertz CT molecular complexity index is 685. The Morgan fingerprint density at radius 2 is 1.92 bits per heavy atom. The van der Waals surface area contributed by atoms with Crippen LogP contribution in [0.1, 0.15) is 18.9 Å². The summed E-state index contributed by atoms with van der Waals surface area (Å²) in [5.74, 6) is 1.48. The standard InChI is InChI=1S/C18H24N6O/c1-15(25)23-10-12-24(13-11-23)18-21-17(14-20-22-18)19-9-5-8-16-6-3-2-4-7-16/h2-4,6-7,14H,5,8-13H2,1H3,(H,19,21,22). The van der Waals surface area contributed by atoms with Gasteiger partial charge < -0.3 is 15.1 Å². The van der Waals surface area contributed by atoms with Crippen LogP contribution in [0.25, 0.3) is 0 Å². The van der Waals surface area contributed by atoms with Crippen molar-refractivity contribution >= 4 is 17.7 Å². The van der Waals surface area contributed by atoms with Gasteiger partial charge in [-0.3, -0.25) is 4.79 Å². The Balaban J connectivity index is 1.47. The van der Waals surface area contributed by atoms with E-state index in [4.69, 9.17) is 0 Å². The lowest BCUT2D eigenvalue weighted by Crippen LogP contribution is -2.48. The summed E-state index contributed by atoms with van der Waals surface area (Å²) in [6, 6.07) is 10.5. The Kier molecular flexibility index (Phi) is 5.77. The van der Waals surface area contributed by atoms with Crippen LogP contribution in [-0.2, 0) is 11.2 Å². The molecule has 132 valence electrons. The number of nitrogens with one attached hydrogen (secondary N) is 1. The molecule has 0 unspecified atom stereocenters. The maximum Gasteiger partial charge on any atom is 0.247 e. The van der Waals surface area contributed by atoms with Crippen molar-refractivity contribution in [3.8, 4) is 0 Å². The summed E-state index contributed by atoms with van der Waals surface area (Å²) in [6.45, 7) is 5.32. The van der Waals surface area contributed by atoms with Gasteiger partial charge in [0.15, 0.2) is 5.82 Å². The molecule has 7 nitrogen and oxygen atoms in total. The molecule has 0 bridgehead atoms. The fourth-order valence-corrected chi connectivity index (χ4v) is 2.89. The summed E-state index contributed by atoms with van der Waals surface area (Å²) >= 11 is 0. The molecule has 0 spiro atoms. The number of anilines is 2. The van der Waals surface area contributed by atoms with Crippen LogP contribution in [0.4, 0.5) is 11.8 Å². The van der Waals surface area contributed by atoms with Gasteiger partial charge in [0.2, 0.25) is 11.9 Å². The second kappa shape index (κ2) is 8.41. The van der Waals surface area contributed by atoms with Gasteiger partial charge in [-0.2, -0.15) is 10.1 Å². The first-order valence-electron chi connectivity index (χ1n) is 8.70. The van der Waals surface area contributed by atoms with Gasteiger partial charge in [0.1, 0.15) is 0 Å². The number of aryl methyl sites for hydroxylation is 1. The molecule has 2 heterocycles. The number of hydrogen-bond acceptors (Lipinski definition) is 6. The molecule has 1 saturated heterocycles. The van der Waals surface area contributed by atoms with E-state index in [1.165, 1.54) is 5.56 Å². The van der Waals surface area contributed by atoms with Crippen LogP contribution in [0.5, 0.6) is 0 Å². The van der Waals surface area contributed by atoms with E-state index in [0.717, 1.165) is 38.3 Å². The zero-order valence-electron chi connectivity index (χ0n) is 14.6. The molecule has 0 radical (unpaired) electrons. The van der Waals surface area contributed by atoms with E-state index < -0.39 is 0 Å². The zero-order valence-corrected chi connectivity index (χ0v) is 14.6. The molecular weight excluding hydrogens is 316 g/mol. The third-order valence-electron chi connectivity index (χ3n) is 4.35. The summed E-state index contributed by atoms with van der Waals surface area (Å²) in [5, 5.41) is 11.5. The summed E-state index contributed by atoms with van der Waals surface area (Å²) in [6.07, 6.45) is 3.71. The van der Waals surface area contributed by atoms with Crippen molar-refractivity contribution in [3.05, 3.63) is 42.1 Å². The number of amides is 1. The van der Waals surface area contributed by atoms with Gasteiger partial charge in [-0.15, -0.1) is 5.10 Å². The van der Waals surface area contributed by atoms with E-state index in [9.17, 15) is 4.79 Å². The van der Waals surface area contributed by atoms with Crippen LogP contribution in [0.2, 0.25) is 0 Å². The monoisotopic (exact) mass is 340 g/mol. The Morgan fingerprint density at radius 1 is 1.16 bits per heavy atom. The van der Waals surface area contributed by atoms with Crippen molar-refractivity contribution in [3.63, 3.8) is 0 Å². The largest absolute Gasteiger partial charge is 0.369 e. The molecule has 1 aliphatic rings. The second-order valence-electron chi connectivity index (χ2n) is 6.15. The topological polar surface area (TPSA) is 74.2 Å². The number of benzene rings is 1. The van der Waals surface area contributed by atoms with E-state index in [1.54, 1.807) is 13.1 Å². The van der Waals surface area contributed by atoms with Crippen LogP contribution >= 0.6 is 0 Å². The lowest BCUT2D eigenvalue weighted by molar-refractivity contribution is -0.129. The molecule has 1 amide bonds. The number of carbonyl (C=O) groups excluding carboxylic acids is 1. The molecule has 25 heavy (non-hydrogen) atoms. The SMILES string of the molecule is CC(=O)N1CCN(c2nncc(NCCCc3ccccc3)n2)CC1. The fraction of sp³-hybridized carbons (Fsp3) is 0.444. The number of hydrogen-bond donors (Lipinski definition) is 1. The first-order chi connectivity index (χ1) is 12.2. The first kappa shape index (κ1) is 17.1.